The zero-order chi connectivity index (χ0) is 17.9. The molecule has 1 saturated heterocycles. The number of likely N-dealkylation sites (tertiary alicyclic amines) is 1. The number of piperidine rings is 1. The smallest absolute Gasteiger partial charge is 0.309 e. The molecule has 1 aromatic rings. The van der Waals surface area contributed by atoms with E-state index in [1.165, 1.54) is 0 Å². The monoisotopic (exact) mass is 348 g/mol. The average Bonchev–Trinajstić information content (AvgIpc) is 2.65. The van der Waals surface area contributed by atoms with Crippen LogP contribution in [0.1, 0.15) is 26.7 Å². The molecule has 7 nitrogen and oxygen atoms in total. The lowest BCUT2D eigenvalue weighted by Gasteiger charge is -2.33. The number of nitrogens with zero attached hydrogens (tertiary/aromatic N) is 3. The number of aromatic nitrogens is 1. The lowest BCUT2D eigenvalue weighted by molar-refractivity contribution is -0.149. The Morgan fingerprint density at radius 1 is 1.40 bits per heavy atom. The van der Waals surface area contributed by atoms with Crippen LogP contribution in [-0.4, -0.2) is 61.2 Å². The van der Waals surface area contributed by atoms with Crippen molar-refractivity contribution < 1.29 is 14.3 Å². The molecule has 1 aromatic heterocycles. The Morgan fingerprint density at radius 2 is 2.20 bits per heavy atom. The number of carbonyl (C=O) groups excluding carboxylic acids is 1. The highest BCUT2D eigenvalue weighted by molar-refractivity contribution is 5.80. The van der Waals surface area contributed by atoms with E-state index in [4.69, 9.17) is 9.47 Å². The molecule has 7 heteroatoms. The van der Waals surface area contributed by atoms with Crippen molar-refractivity contribution in [2.45, 2.75) is 26.7 Å². The summed E-state index contributed by atoms with van der Waals surface area (Å²) < 4.78 is 10.7. The highest BCUT2D eigenvalue weighted by Crippen LogP contribution is 2.18. The van der Waals surface area contributed by atoms with Crippen LogP contribution in [0.3, 0.4) is 0 Å². The first-order valence-electron chi connectivity index (χ1n) is 8.97. The standard InChI is InChI=1S/C18H28N4O3/c1-3-20-18(21-10-13-25-16-6-5-9-19-14-16)22-11-7-15(8-12-22)17(23)24-4-2/h5-6,9,14-15H,3-4,7-8,10-13H2,1-2H3,(H,20,21). The van der Waals surface area contributed by atoms with Gasteiger partial charge in [-0.25, -0.2) is 4.99 Å². The third-order valence-electron chi connectivity index (χ3n) is 4.01. The second-order valence-electron chi connectivity index (χ2n) is 5.79. The maximum absolute atomic E-state index is 11.8. The van der Waals surface area contributed by atoms with Crippen molar-refractivity contribution in [2.75, 3.05) is 39.4 Å². The number of hydrogen-bond donors (Lipinski definition) is 1. The molecular formula is C18H28N4O3. The average molecular weight is 348 g/mol. The van der Waals surface area contributed by atoms with Crippen molar-refractivity contribution in [3.8, 4) is 5.75 Å². The van der Waals surface area contributed by atoms with E-state index >= 15 is 0 Å². The number of pyridine rings is 1. The highest BCUT2D eigenvalue weighted by atomic mass is 16.5. The van der Waals surface area contributed by atoms with Crippen LogP contribution in [0.2, 0.25) is 0 Å². The lowest BCUT2D eigenvalue weighted by atomic mass is 9.97. The Bertz CT molecular complexity index is 543. The quantitative estimate of drug-likeness (QED) is 0.350. The maximum Gasteiger partial charge on any atom is 0.309 e. The molecule has 138 valence electrons. The van der Waals surface area contributed by atoms with Gasteiger partial charge in [0.1, 0.15) is 12.4 Å². The van der Waals surface area contributed by atoms with Crippen LogP contribution in [0.15, 0.2) is 29.5 Å². The van der Waals surface area contributed by atoms with Crippen LogP contribution in [0.4, 0.5) is 0 Å². The number of hydrogen-bond acceptors (Lipinski definition) is 5. The first kappa shape index (κ1) is 19.0. The van der Waals surface area contributed by atoms with Crippen molar-refractivity contribution in [2.24, 2.45) is 10.9 Å². The van der Waals surface area contributed by atoms with Gasteiger partial charge in [-0.15, -0.1) is 0 Å². The topological polar surface area (TPSA) is 76.1 Å². The second kappa shape index (κ2) is 10.5. The summed E-state index contributed by atoms with van der Waals surface area (Å²) in [7, 11) is 0. The van der Waals surface area contributed by atoms with E-state index < -0.39 is 0 Å². The molecular weight excluding hydrogens is 320 g/mol. The van der Waals surface area contributed by atoms with E-state index in [0.29, 0.717) is 19.8 Å². The molecule has 1 aliphatic heterocycles. The van der Waals surface area contributed by atoms with Crippen LogP contribution < -0.4 is 10.1 Å². The van der Waals surface area contributed by atoms with Gasteiger partial charge in [0.15, 0.2) is 5.96 Å². The van der Waals surface area contributed by atoms with Gasteiger partial charge in [0, 0.05) is 25.8 Å². The number of guanidine groups is 1. The molecule has 0 unspecified atom stereocenters. The van der Waals surface area contributed by atoms with Crippen LogP contribution in [-0.2, 0) is 9.53 Å². The first-order valence-corrected chi connectivity index (χ1v) is 8.97. The van der Waals surface area contributed by atoms with Crippen LogP contribution >= 0.6 is 0 Å². The van der Waals surface area contributed by atoms with Gasteiger partial charge in [0.05, 0.1) is 25.3 Å². The molecule has 1 aliphatic rings. The zero-order valence-electron chi connectivity index (χ0n) is 15.1. The normalized spacial score (nSPS) is 15.8. The number of carbonyl (C=O) groups is 1. The van der Waals surface area contributed by atoms with Gasteiger partial charge in [-0.2, -0.15) is 0 Å². The van der Waals surface area contributed by atoms with Gasteiger partial charge in [0.2, 0.25) is 0 Å². The molecule has 0 aliphatic carbocycles. The van der Waals surface area contributed by atoms with Gasteiger partial charge in [-0.05, 0) is 38.8 Å². The molecule has 0 bridgehead atoms. The number of nitrogens with one attached hydrogen (secondary N) is 1. The Hall–Kier alpha value is -2.31. The molecule has 0 aromatic carbocycles. The SMILES string of the molecule is CCNC(=NCCOc1cccnc1)N1CCC(C(=O)OCC)CC1. The molecule has 1 fully saturated rings. The summed E-state index contributed by atoms with van der Waals surface area (Å²) >= 11 is 0. The lowest BCUT2D eigenvalue weighted by Crippen LogP contribution is -2.46. The molecule has 0 amide bonds. The van der Waals surface area contributed by atoms with E-state index in [1.807, 2.05) is 26.0 Å². The van der Waals surface area contributed by atoms with Crippen LogP contribution in [0.25, 0.3) is 0 Å². The minimum atomic E-state index is -0.0750. The third-order valence-corrected chi connectivity index (χ3v) is 4.01. The van der Waals surface area contributed by atoms with Crippen molar-refractivity contribution in [3.63, 3.8) is 0 Å². The summed E-state index contributed by atoms with van der Waals surface area (Å²) in [6, 6.07) is 3.72. The zero-order valence-corrected chi connectivity index (χ0v) is 15.1. The van der Waals surface area contributed by atoms with Gasteiger partial charge in [0.25, 0.3) is 0 Å². The molecule has 2 rings (SSSR count). The van der Waals surface area contributed by atoms with E-state index in [9.17, 15) is 4.79 Å². The number of aliphatic imine (C=N–C) groups is 1. The summed E-state index contributed by atoms with van der Waals surface area (Å²) in [5, 5.41) is 3.31. The summed E-state index contributed by atoms with van der Waals surface area (Å²) in [4.78, 5) is 22.7. The summed E-state index contributed by atoms with van der Waals surface area (Å²) in [5.74, 6) is 1.56. The van der Waals surface area contributed by atoms with Crippen LogP contribution in [0.5, 0.6) is 5.75 Å². The number of rotatable bonds is 7. The molecule has 0 atom stereocenters. The Balaban J connectivity index is 1.80. The molecule has 25 heavy (non-hydrogen) atoms. The van der Waals surface area contributed by atoms with E-state index in [0.717, 1.165) is 44.2 Å². The van der Waals surface area contributed by atoms with E-state index in [1.54, 1.807) is 12.4 Å². The predicted molar refractivity (Wildman–Crippen MR) is 96.6 cm³/mol. The molecule has 0 saturated carbocycles. The van der Waals surface area contributed by atoms with Crippen molar-refractivity contribution in [3.05, 3.63) is 24.5 Å². The first-order chi connectivity index (χ1) is 12.2. The third kappa shape index (κ3) is 6.25. The summed E-state index contributed by atoms with van der Waals surface area (Å²) in [6.07, 6.45) is 5.01. The van der Waals surface area contributed by atoms with Crippen molar-refractivity contribution in [1.29, 1.82) is 0 Å². The summed E-state index contributed by atoms with van der Waals surface area (Å²) in [5.41, 5.74) is 0. The fraction of sp³-hybridized carbons (Fsp3) is 0.611. The number of ether oxygens (including phenoxy) is 2. The van der Waals surface area contributed by atoms with Gasteiger partial charge < -0.3 is 19.7 Å². The maximum atomic E-state index is 11.8. The van der Waals surface area contributed by atoms with Gasteiger partial charge in [-0.3, -0.25) is 9.78 Å². The van der Waals surface area contributed by atoms with E-state index in [-0.39, 0.29) is 11.9 Å². The minimum absolute atomic E-state index is 0.00740. The van der Waals surface area contributed by atoms with Gasteiger partial charge in [-0.1, -0.05) is 0 Å². The Morgan fingerprint density at radius 3 is 2.84 bits per heavy atom. The van der Waals surface area contributed by atoms with E-state index in [2.05, 4.69) is 20.2 Å². The fourth-order valence-electron chi connectivity index (χ4n) is 2.76. The van der Waals surface area contributed by atoms with Crippen molar-refractivity contribution >= 4 is 11.9 Å². The number of esters is 1. The highest BCUT2D eigenvalue weighted by Gasteiger charge is 2.27. The largest absolute Gasteiger partial charge is 0.490 e. The Kier molecular flexibility index (Phi) is 8.01. The summed E-state index contributed by atoms with van der Waals surface area (Å²) in [6.45, 7) is 7.82. The van der Waals surface area contributed by atoms with Gasteiger partial charge >= 0.3 is 5.97 Å². The Labute approximate surface area is 149 Å². The molecule has 2 heterocycles. The second-order valence-corrected chi connectivity index (χ2v) is 5.79. The minimum Gasteiger partial charge on any atom is -0.490 e. The molecule has 0 spiro atoms. The predicted octanol–water partition coefficient (Wildman–Crippen LogP) is 1.70. The fourth-order valence-corrected chi connectivity index (χ4v) is 2.76. The van der Waals surface area contributed by atoms with Crippen molar-refractivity contribution in [1.82, 2.24) is 15.2 Å². The molecule has 0 radical (unpaired) electrons. The van der Waals surface area contributed by atoms with Crippen LogP contribution in [0, 0.1) is 5.92 Å². The molecule has 1 N–H and O–H groups in total.